The minimum atomic E-state index is -0.323. The Labute approximate surface area is 159 Å². The largest absolute Gasteiger partial charge is 0.325 e. The molecule has 1 N–H and O–H groups in total. The maximum absolute atomic E-state index is 13.0. The van der Waals surface area contributed by atoms with Gasteiger partial charge in [0.05, 0.1) is 5.25 Å². The first-order valence-electron chi connectivity index (χ1n) is 8.60. The number of fused-ring (bicyclic) bond motifs is 3. The highest BCUT2D eigenvalue weighted by atomic mass is 32.2. The maximum atomic E-state index is 13.0. The van der Waals surface area contributed by atoms with E-state index in [0.29, 0.717) is 5.69 Å². The zero-order valence-electron chi connectivity index (χ0n) is 14.3. The molecule has 0 spiro atoms. The number of benzene rings is 1. The number of hydrogen-bond donors (Lipinski definition) is 1. The van der Waals surface area contributed by atoms with Gasteiger partial charge in [0.25, 0.3) is 0 Å². The summed E-state index contributed by atoms with van der Waals surface area (Å²) in [4.78, 5) is 23.8. The van der Waals surface area contributed by atoms with Crippen LogP contribution in [0.1, 0.15) is 30.2 Å². The maximum Gasteiger partial charge on any atom is 0.237 e. The molecule has 1 aromatic carbocycles. The van der Waals surface area contributed by atoms with E-state index >= 15 is 0 Å². The smallest absolute Gasteiger partial charge is 0.237 e. The van der Waals surface area contributed by atoms with Gasteiger partial charge in [0, 0.05) is 16.0 Å². The lowest BCUT2D eigenvalue weighted by Crippen LogP contribution is -2.22. The number of aryl methyl sites for hydroxylation is 2. The molecule has 1 aliphatic carbocycles. The highest BCUT2D eigenvalue weighted by Gasteiger charge is 2.23. The molecular weight excluding hydrogens is 369 g/mol. The number of rotatable bonds is 4. The van der Waals surface area contributed by atoms with Gasteiger partial charge in [-0.2, -0.15) is 0 Å². The van der Waals surface area contributed by atoms with Crippen molar-refractivity contribution in [2.75, 3.05) is 5.32 Å². The first-order valence-corrected chi connectivity index (χ1v) is 10.3. The lowest BCUT2D eigenvalue weighted by atomic mass is 9.97. The number of thioether (sulfide) groups is 1. The van der Waals surface area contributed by atoms with Gasteiger partial charge < -0.3 is 5.32 Å². The Hall–Kier alpha value is -1.99. The van der Waals surface area contributed by atoms with Crippen LogP contribution in [-0.4, -0.2) is 21.1 Å². The second kappa shape index (κ2) is 7.32. The molecule has 4 rings (SSSR count). The van der Waals surface area contributed by atoms with Gasteiger partial charge in [-0.1, -0.05) is 11.8 Å². The van der Waals surface area contributed by atoms with E-state index in [0.717, 1.165) is 28.1 Å². The number of amides is 1. The third-order valence-corrected chi connectivity index (χ3v) is 6.79. The van der Waals surface area contributed by atoms with Crippen molar-refractivity contribution >= 4 is 44.9 Å². The molecule has 0 saturated heterocycles. The van der Waals surface area contributed by atoms with E-state index in [1.165, 1.54) is 47.2 Å². The SMILES string of the molecule is C[C@H](Sc1ncnc2sc3c(c12)CCCC3)C(=O)Nc1ccc(F)cc1. The number of hydrogen-bond acceptors (Lipinski definition) is 5. The molecular formula is C19H18FN3OS2. The second-order valence-electron chi connectivity index (χ2n) is 6.33. The molecule has 0 saturated carbocycles. The van der Waals surface area contributed by atoms with Gasteiger partial charge in [0.15, 0.2) is 0 Å². The van der Waals surface area contributed by atoms with E-state index in [9.17, 15) is 9.18 Å². The second-order valence-corrected chi connectivity index (χ2v) is 8.74. The van der Waals surface area contributed by atoms with Gasteiger partial charge in [0.1, 0.15) is 22.0 Å². The molecule has 26 heavy (non-hydrogen) atoms. The summed E-state index contributed by atoms with van der Waals surface area (Å²) in [6.07, 6.45) is 6.18. The van der Waals surface area contributed by atoms with Crippen LogP contribution in [0.15, 0.2) is 35.6 Å². The molecule has 0 radical (unpaired) electrons. The van der Waals surface area contributed by atoms with Crippen LogP contribution in [0, 0.1) is 5.82 Å². The number of aromatic nitrogens is 2. The van der Waals surface area contributed by atoms with Crippen molar-refractivity contribution < 1.29 is 9.18 Å². The summed E-state index contributed by atoms with van der Waals surface area (Å²) < 4.78 is 13.0. The monoisotopic (exact) mass is 387 g/mol. The normalized spacial score (nSPS) is 14.8. The summed E-state index contributed by atoms with van der Waals surface area (Å²) in [6.45, 7) is 1.86. The Bertz CT molecular complexity index is 955. The zero-order valence-corrected chi connectivity index (χ0v) is 15.9. The van der Waals surface area contributed by atoms with Gasteiger partial charge in [-0.25, -0.2) is 14.4 Å². The third-order valence-electron chi connectivity index (χ3n) is 4.49. The number of carbonyl (C=O) groups excluding carboxylic acids is 1. The van der Waals surface area contributed by atoms with Crippen LogP contribution in [0.5, 0.6) is 0 Å². The lowest BCUT2D eigenvalue weighted by Gasteiger charge is -2.14. The van der Waals surface area contributed by atoms with E-state index < -0.39 is 0 Å². The van der Waals surface area contributed by atoms with E-state index in [1.807, 2.05) is 6.92 Å². The predicted molar refractivity (Wildman–Crippen MR) is 104 cm³/mol. The highest BCUT2D eigenvalue weighted by molar-refractivity contribution is 8.00. The fourth-order valence-corrected chi connectivity index (χ4v) is 5.39. The van der Waals surface area contributed by atoms with Crippen molar-refractivity contribution in [1.82, 2.24) is 9.97 Å². The van der Waals surface area contributed by atoms with Crippen LogP contribution in [0.4, 0.5) is 10.1 Å². The van der Waals surface area contributed by atoms with Crippen LogP contribution in [0.25, 0.3) is 10.2 Å². The quantitative estimate of drug-likeness (QED) is 0.515. The molecule has 0 aliphatic heterocycles. The molecule has 0 unspecified atom stereocenters. The summed E-state index contributed by atoms with van der Waals surface area (Å²) in [7, 11) is 0. The number of nitrogens with one attached hydrogen (secondary N) is 1. The Morgan fingerprint density at radius 2 is 2.00 bits per heavy atom. The lowest BCUT2D eigenvalue weighted by molar-refractivity contribution is -0.115. The van der Waals surface area contributed by atoms with Crippen molar-refractivity contribution in [3.8, 4) is 0 Å². The zero-order chi connectivity index (χ0) is 18.1. The molecule has 2 aromatic heterocycles. The minimum absolute atomic E-state index is 0.127. The first kappa shape index (κ1) is 17.4. The summed E-state index contributed by atoms with van der Waals surface area (Å²) >= 11 is 3.20. The molecule has 134 valence electrons. The Kier molecular flexibility index (Phi) is 4.91. The summed E-state index contributed by atoms with van der Waals surface area (Å²) in [5.41, 5.74) is 1.95. The highest BCUT2D eigenvalue weighted by Crippen LogP contribution is 2.40. The van der Waals surface area contributed by atoms with Crippen molar-refractivity contribution in [1.29, 1.82) is 0 Å². The van der Waals surface area contributed by atoms with E-state index in [2.05, 4.69) is 15.3 Å². The molecule has 3 aromatic rings. The number of halogens is 1. The number of carbonyl (C=O) groups is 1. The first-order chi connectivity index (χ1) is 12.6. The van der Waals surface area contributed by atoms with E-state index in [1.54, 1.807) is 29.8 Å². The fraction of sp³-hybridized carbons (Fsp3) is 0.316. The van der Waals surface area contributed by atoms with Crippen molar-refractivity contribution in [3.05, 3.63) is 46.9 Å². The number of nitrogens with zero attached hydrogens (tertiary/aromatic N) is 2. The molecule has 1 amide bonds. The summed E-state index contributed by atoms with van der Waals surface area (Å²) in [5, 5.41) is 4.50. The number of anilines is 1. The van der Waals surface area contributed by atoms with Gasteiger partial charge in [0.2, 0.25) is 5.91 Å². The fourth-order valence-electron chi connectivity index (χ4n) is 3.15. The molecule has 1 atom stereocenters. The van der Waals surface area contributed by atoms with Crippen molar-refractivity contribution in [3.63, 3.8) is 0 Å². The van der Waals surface area contributed by atoms with Crippen LogP contribution in [0.2, 0.25) is 0 Å². The predicted octanol–water partition coefficient (Wildman–Crippen LogP) is 4.83. The van der Waals surface area contributed by atoms with E-state index in [-0.39, 0.29) is 17.0 Å². The molecule has 0 bridgehead atoms. The summed E-state index contributed by atoms with van der Waals surface area (Å²) in [5.74, 6) is -0.450. The van der Waals surface area contributed by atoms with Crippen LogP contribution in [-0.2, 0) is 17.6 Å². The van der Waals surface area contributed by atoms with Crippen LogP contribution < -0.4 is 5.32 Å². The van der Waals surface area contributed by atoms with Gasteiger partial charge in [-0.3, -0.25) is 4.79 Å². The van der Waals surface area contributed by atoms with Gasteiger partial charge in [-0.05, 0) is 62.4 Å². The van der Waals surface area contributed by atoms with Gasteiger partial charge >= 0.3 is 0 Å². The van der Waals surface area contributed by atoms with Crippen LogP contribution in [0.3, 0.4) is 0 Å². The molecule has 0 fully saturated rings. The number of thiophene rings is 1. The molecule has 2 heterocycles. The Morgan fingerprint density at radius 1 is 1.23 bits per heavy atom. The van der Waals surface area contributed by atoms with Crippen LogP contribution >= 0.6 is 23.1 Å². The topological polar surface area (TPSA) is 54.9 Å². The summed E-state index contributed by atoms with van der Waals surface area (Å²) in [6, 6.07) is 5.78. The molecule has 4 nitrogen and oxygen atoms in total. The Morgan fingerprint density at radius 3 is 2.81 bits per heavy atom. The Balaban J connectivity index is 1.55. The average molecular weight is 388 g/mol. The van der Waals surface area contributed by atoms with Crippen molar-refractivity contribution in [2.45, 2.75) is 42.9 Å². The molecule has 7 heteroatoms. The average Bonchev–Trinajstić information content (AvgIpc) is 3.03. The third kappa shape index (κ3) is 3.46. The van der Waals surface area contributed by atoms with Gasteiger partial charge in [-0.15, -0.1) is 11.3 Å². The molecule has 1 aliphatic rings. The van der Waals surface area contributed by atoms with Crippen molar-refractivity contribution in [2.24, 2.45) is 0 Å². The minimum Gasteiger partial charge on any atom is -0.325 e. The standard InChI is InChI=1S/C19H18FN3OS2/c1-11(17(24)23-13-8-6-12(20)7-9-13)25-18-16-14-4-2-3-5-15(14)26-19(16)22-10-21-18/h6-11H,2-5H2,1H3,(H,23,24)/t11-/m0/s1. The van der Waals surface area contributed by atoms with E-state index in [4.69, 9.17) is 0 Å².